The topological polar surface area (TPSA) is 90.1 Å². The number of benzene rings is 1. The summed E-state index contributed by atoms with van der Waals surface area (Å²) in [6.07, 6.45) is 3.72. The van der Waals surface area contributed by atoms with Crippen LogP contribution in [-0.2, 0) is 6.54 Å². The number of carbonyl (C=O) groups is 1. The molecule has 1 amide bonds. The Bertz CT molecular complexity index is 681. The van der Waals surface area contributed by atoms with Gasteiger partial charge in [0.2, 0.25) is 0 Å². The Labute approximate surface area is 128 Å². The van der Waals surface area contributed by atoms with Crippen molar-refractivity contribution in [1.29, 1.82) is 0 Å². The van der Waals surface area contributed by atoms with Crippen molar-refractivity contribution in [2.45, 2.75) is 25.3 Å². The van der Waals surface area contributed by atoms with Crippen LogP contribution >= 0.6 is 0 Å². The number of aromatic nitrogens is 2. The molecule has 0 spiro atoms. The van der Waals surface area contributed by atoms with E-state index in [1.807, 2.05) is 24.3 Å². The summed E-state index contributed by atoms with van der Waals surface area (Å²) < 4.78 is 5.13. The van der Waals surface area contributed by atoms with Crippen LogP contribution in [0.15, 0.2) is 30.5 Å². The number of carbonyl (C=O) groups excluding carboxylic acids is 1. The minimum absolute atomic E-state index is 0.318. The summed E-state index contributed by atoms with van der Waals surface area (Å²) in [6.45, 7) is 0.547. The van der Waals surface area contributed by atoms with Gasteiger partial charge in [0, 0.05) is 18.7 Å². The van der Waals surface area contributed by atoms with Crippen molar-refractivity contribution in [2.75, 3.05) is 12.4 Å². The third kappa shape index (κ3) is 3.16. The van der Waals surface area contributed by atoms with E-state index >= 15 is 0 Å². The normalized spacial score (nSPS) is 13.7. The average Bonchev–Trinajstić information content (AvgIpc) is 3.38. The molecule has 1 fully saturated rings. The van der Waals surface area contributed by atoms with Gasteiger partial charge < -0.3 is 15.8 Å². The molecule has 22 heavy (non-hydrogen) atoms. The molecular formula is C16H18N4O2. The first-order chi connectivity index (χ1) is 10.7. The third-order valence-electron chi connectivity index (χ3n) is 3.63. The van der Waals surface area contributed by atoms with Crippen LogP contribution in [0.2, 0.25) is 0 Å². The molecule has 2 aromatic rings. The van der Waals surface area contributed by atoms with Gasteiger partial charge in [0.05, 0.1) is 12.7 Å². The van der Waals surface area contributed by atoms with E-state index in [1.165, 1.54) is 6.20 Å². The molecule has 1 aliphatic carbocycles. The zero-order chi connectivity index (χ0) is 15.5. The summed E-state index contributed by atoms with van der Waals surface area (Å²) in [4.78, 5) is 20.2. The molecule has 1 aromatic carbocycles. The number of nitrogens with zero attached hydrogens (tertiary/aromatic N) is 2. The van der Waals surface area contributed by atoms with Crippen LogP contribution in [0, 0.1) is 0 Å². The standard InChI is InChI=1S/C16H18N4O2/c1-22-12-6-2-10(3-7-12)8-18-16-13(14(17)21)9-19-15(20-16)11-4-5-11/h2-3,6-7,9,11H,4-5,8H2,1H3,(H2,17,21)(H,18,19,20). The molecule has 3 rings (SSSR count). The molecular weight excluding hydrogens is 280 g/mol. The second-order valence-corrected chi connectivity index (χ2v) is 5.33. The monoisotopic (exact) mass is 298 g/mol. The number of methoxy groups -OCH3 is 1. The molecule has 0 radical (unpaired) electrons. The number of hydrogen-bond donors (Lipinski definition) is 2. The van der Waals surface area contributed by atoms with E-state index in [1.54, 1.807) is 7.11 Å². The van der Waals surface area contributed by atoms with Gasteiger partial charge in [0.15, 0.2) is 0 Å². The number of primary amides is 1. The molecule has 1 aliphatic rings. The highest BCUT2D eigenvalue weighted by atomic mass is 16.5. The lowest BCUT2D eigenvalue weighted by atomic mass is 10.2. The minimum atomic E-state index is -0.528. The van der Waals surface area contributed by atoms with Crippen molar-refractivity contribution < 1.29 is 9.53 Å². The Balaban J connectivity index is 1.77. The lowest BCUT2D eigenvalue weighted by Gasteiger charge is -2.10. The highest BCUT2D eigenvalue weighted by Crippen LogP contribution is 2.38. The van der Waals surface area contributed by atoms with Gasteiger partial charge >= 0.3 is 0 Å². The number of nitrogens with one attached hydrogen (secondary N) is 1. The van der Waals surface area contributed by atoms with Crippen LogP contribution in [0.5, 0.6) is 5.75 Å². The number of ether oxygens (including phenoxy) is 1. The van der Waals surface area contributed by atoms with Gasteiger partial charge in [-0.15, -0.1) is 0 Å². The number of nitrogens with two attached hydrogens (primary N) is 1. The van der Waals surface area contributed by atoms with Gasteiger partial charge in [0.25, 0.3) is 5.91 Å². The summed E-state index contributed by atoms with van der Waals surface area (Å²) >= 11 is 0. The molecule has 0 saturated heterocycles. The zero-order valence-corrected chi connectivity index (χ0v) is 12.4. The lowest BCUT2D eigenvalue weighted by molar-refractivity contribution is 0.100. The minimum Gasteiger partial charge on any atom is -0.497 e. The smallest absolute Gasteiger partial charge is 0.254 e. The van der Waals surface area contributed by atoms with Crippen molar-refractivity contribution in [3.63, 3.8) is 0 Å². The van der Waals surface area contributed by atoms with Crippen molar-refractivity contribution in [1.82, 2.24) is 9.97 Å². The number of anilines is 1. The maximum Gasteiger partial charge on any atom is 0.254 e. The first kappa shape index (κ1) is 14.3. The van der Waals surface area contributed by atoms with Crippen LogP contribution in [-0.4, -0.2) is 23.0 Å². The van der Waals surface area contributed by atoms with Gasteiger partial charge in [-0.3, -0.25) is 4.79 Å². The quantitative estimate of drug-likeness (QED) is 0.852. The Morgan fingerprint density at radius 1 is 1.36 bits per heavy atom. The molecule has 6 nitrogen and oxygen atoms in total. The first-order valence-electron chi connectivity index (χ1n) is 7.21. The van der Waals surface area contributed by atoms with Gasteiger partial charge in [-0.2, -0.15) is 0 Å². The molecule has 1 aromatic heterocycles. The maximum atomic E-state index is 11.5. The summed E-state index contributed by atoms with van der Waals surface area (Å²) in [5.74, 6) is 1.98. The second-order valence-electron chi connectivity index (χ2n) is 5.33. The lowest BCUT2D eigenvalue weighted by Crippen LogP contribution is -2.17. The van der Waals surface area contributed by atoms with E-state index < -0.39 is 5.91 Å². The first-order valence-corrected chi connectivity index (χ1v) is 7.21. The van der Waals surface area contributed by atoms with E-state index in [2.05, 4.69) is 15.3 Å². The fraction of sp³-hybridized carbons (Fsp3) is 0.312. The van der Waals surface area contributed by atoms with E-state index in [4.69, 9.17) is 10.5 Å². The Morgan fingerprint density at radius 3 is 2.68 bits per heavy atom. The van der Waals surface area contributed by atoms with Crippen molar-refractivity contribution in [3.8, 4) is 5.75 Å². The number of rotatable bonds is 6. The summed E-state index contributed by atoms with van der Waals surface area (Å²) in [6, 6.07) is 7.70. The molecule has 0 bridgehead atoms. The third-order valence-corrected chi connectivity index (χ3v) is 3.63. The highest BCUT2D eigenvalue weighted by molar-refractivity contribution is 5.97. The Morgan fingerprint density at radius 2 is 2.09 bits per heavy atom. The molecule has 1 heterocycles. The van der Waals surface area contributed by atoms with Crippen molar-refractivity contribution in [2.24, 2.45) is 5.73 Å². The van der Waals surface area contributed by atoms with E-state index in [0.717, 1.165) is 30.0 Å². The fourth-order valence-electron chi connectivity index (χ4n) is 2.18. The number of hydrogen-bond acceptors (Lipinski definition) is 5. The fourth-order valence-corrected chi connectivity index (χ4v) is 2.18. The molecule has 114 valence electrons. The molecule has 0 unspecified atom stereocenters. The SMILES string of the molecule is COc1ccc(CNc2nc(C3CC3)ncc2C(N)=O)cc1. The Kier molecular flexibility index (Phi) is 3.91. The van der Waals surface area contributed by atoms with E-state index in [9.17, 15) is 4.79 Å². The van der Waals surface area contributed by atoms with Crippen LogP contribution < -0.4 is 15.8 Å². The van der Waals surface area contributed by atoms with Crippen LogP contribution in [0.4, 0.5) is 5.82 Å². The van der Waals surface area contributed by atoms with E-state index in [-0.39, 0.29) is 0 Å². The molecule has 6 heteroatoms. The average molecular weight is 298 g/mol. The predicted molar refractivity (Wildman–Crippen MR) is 82.8 cm³/mol. The highest BCUT2D eigenvalue weighted by Gasteiger charge is 2.27. The van der Waals surface area contributed by atoms with Crippen LogP contribution in [0.1, 0.15) is 40.5 Å². The van der Waals surface area contributed by atoms with Gasteiger partial charge in [-0.25, -0.2) is 9.97 Å². The van der Waals surface area contributed by atoms with E-state index in [0.29, 0.717) is 23.8 Å². The summed E-state index contributed by atoms with van der Waals surface area (Å²) in [5, 5.41) is 3.18. The molecule has 0 atom stereocenters. The molecule has 0 aliphatic heterocycles. The maximum absolute atomic E-state index is 11.5. The van der Waals surface area contributed by atoms with Gasteiger partial charge in [0.1, 0.15) is 17.4 Å². The van der Waals surface area contributed by atoms with Crippen molar-refractivity contribution in [3.05, 3.63) is 47.4 Å². The second kappa shape index (κ2) is 6.01. The summed E-state index contributed by atoms with van der Waals surface area (Å²) in [5.41, 5.74) is 6.76. The largest absolute Gasteiger partial charge is 0.497 e. The Hall–Kier alpha value is -2.63. The van der Waals surface area contributed by atoms with Crippen LogP contribution in [0.3, 0.4) is 0 Å². The van der Waals surface area contributed by atoms with Gasteiger partial charge in [-0.05, 0) is 30.5 Å². The number of amides is 1. The molecule has 3 N–H and O–H groups in total. The van der Waals surface area contributed by atoms with Crippen LogP contribution in [0.25, 0.3) is 0 Å². The zero-order valence-electron chi connectivity index (χ0n) is 12.4. The van der Waals surface area contributed by atoms with Gasteiger partial charge in [-0.1, -0.05) is 12.1 Å². The predicted octanol–water partition coefficient (Wildman–Crippen LogP) is 2.07. The van der Waals surface area contributed by atoms with Crippen molar-refractivity contribution >= 4 is 11.7 Å². The molecule has 1 saturated carbocycles. The summed E-state index contributed by atoms with van der Waals surface area (Å²) in [7, 11) is 1.63.